The molecule has 0 heterocycles. The molecule has 4 atom stereocenters. The molecular formula is C15H19BrClNO. The van der Waals surface area contributed by atoms with Crippen LogP contribution < -0.4 is 5.73 Å². The Kier molecular flexibility index (Phi) is 3.67. The van der Waals surface area contributed by atoms with Gasteiger partial charge in [-0.05, 0) is 48.8 Å². The van der Waals surface area contributed by atoms with Gasteiger partial charge in [0.1, 0.15) is 0 Å². The van der Waals surface area contributed by atoms with Gasteiger partial charge in [0.05, 0.1) is 6.10 Å². The topological polar surface area (TPSA) is 46.2 Å². The Hall–Kier alpha value is -0.0900. The van der Waals surface area contributed by atoms with Crippen LogP contribution in [0.15, 0.2) is 22.7 Å². The van der Waals surface area contributed by atoms with Crippen LogP contribution in [-0.4, -0.2) is 11.7 Å². The Bertz CT molecular complexity index is 495. The first-order chi connectivity index (χ1) is 9.06. The second-order valence-electron chi connectivity index (χ2n) is 6.09. The highest BCUT2D eigenvalue weighted by atomic mass is 79.9. The fourth-order valence-electron chi connectivity index (χ4n) is 4.22. The molecule has 1 aromatic rings. The zero-order valence-electron chi connectivity index (χ0n) is 10.8. The summed E-state index contributed by atoms with van der Waals surface area (Å²) in [6, 6.07) is 5.60. The van der Waals surface area contributed by atoms with Crippen LogP contribution in [0.4, 0.5) is 0 Å². The predicted molar refractivity (Wildman–Crippen MR) is 81.0 cm³/mol. The summed E-state index contributed by atoms with van der Waals surface area (Å²) in [4.78, 5) is 0. The van der Waals surface area contributed by atoms with Crippen molar-refractivity contribution in [2.75, 3.05) is 6.54 Å². The maximum atomic E-state index is 10.9. The van der Waals surface area contributed by atoms with E-state index in [2.05, 4.69) is 15.9 Å². The number of rotatable bonds is 3. The molecule has 3 N–H and O–H groups in total. The van der Waals surface area contributed by atoms with Crippen molar-refractivity contribution in [3.8, 4) is 0 Å². The first-order valence-electron chi connectivity index (χ1n) is 6.90. The molecule has 19 heavy (non-hydrogen) atoms. The quantitative estimate of drug-likeness (QED) is 0.873. The van der Waals surface area contributed by atoms with Crippen LogP contribution in [0.2, 0.25) is 5.02 Å². The van der Waals surface area contributed by atoms with Crippen molar-refractivity contribution >= 4 is 27.5 Å². The van der Waals surface area contributed by atoms with Crippen LogP contribution in [0.5, 0.6) is 0 Å². The summed E-state index contributed by atoms with van der Waals surface area (Å²) in [5.74, 6) is 1.33. The van der Waals surface area contributed by atoms with Crippen LogP contribution in [0.1, 0.15) is 37.4 Å². The molecular weight excluding hydrogens is 326 g/mol. The summed E-state index contributed by atoms with van der Waals surface area (Å²) in [5.41, 5.74) is 6.85. The zero-order valence-corrected chi connectivity index (χ0v) is 13.1. The van der Waals surface area contributed by atoms with Gasteiger partial charge in [-0.25, -0.2) is 0 Å². The maximum absolute atomic E-state index is 10.9. The molecule has 2 bridgehead atoms. The van der Waals surface area contributed by atoms with E-state index >= 15 is 0 Å². The highest BCUT2D eigenvalue weighted by molar-refractivity contribution is 9.10. The van der Waals surface area contributed by atoms with Crippen LogP contribution in [-0.2, 0) is 0 Å². The van der Waals surface area contributed by atoms with E-state index in [1.807, 2.05) is 18.2 Å². The number of hydrogen-bond acceptors (Lipinski definition) is 2. The third kappa shape index (κ3) is 2.15. The largest absolute Gasteiger partial charge is 0.388 e. The van der Waals surface area contributed by atoms with Gasteiger partial charge < -0.3 is 10.8 Å². The van der Waals surface area contributed by atoms with Crippen molar-refractivity contribution < 1.29 is 5.11 Å². The van der Waals surface area contributed by atoms with Gasteiger partial charge in [-0.3, -0.25) is 0 Å². The molecule has 2 nitrogen and oxygen atoms in total. The average molecular weight is 345 g/mol. The highest BCUT2D eigenvalue weighted by Gasteiger charge is 2.54. The molecule has 4 unspecified atom stereocenters. The van der Waals surface area contributed by atoms with Crippen LogP contribution in [0.3, 0.4) is 0 Å². The number of aliphatic hydroxyl groups is 1. The maximum Gasteiger partial charge on any atom is 0.0871 e. The molecule has 0 radical (unpaired) electrons. The second kappa shape index (κ2) is 5.03. The molecule has 2 fully saturated rings. The molecule has 0 aromatic heterocycles. The van der Waals surface area contributed by atoms with E-state index in [9.17, 15) is 5.11 Å². The van der Waals surface area contributed by atoms with E-state index in [0.29, 0.717) is 17.5 Å². The van der Waals surface area contributed by atoms with Gasteiger partial charge in [0.25, 0.3) is 0 Å². The zero-order chi connectivity index (χ0) is 13.6. The van der Waals surface area contributed by atoms with Gasteiger partial charge in [-0.2, -0.15) is 0 Å². The molecule has 3 rings (SSSR count). The summed E-state index contributed by atoms with van der Waals surface area (Å²) < 4.78 is 0.878. The standard InChI is InChI=1S/C15H19BrClNO/c16-13-6-11(17)3-4-12(13)14(19)15(8-18)7-9-1-2-10(15)5-9/h3-4,6,9-10,14,19H,1-2,5,7-8,18H2. The lowest BCUT2D eigenvalue weighted by molar-refractivity contribution is -0.0134. The lowest BCUT2D eigenvalue weighted by atomic mass is 9.67. The molecule has 104 valence electrons. The van der Waals surface area contributed by atoms with E-state index in [1.165, 1.54) is 19.3 Å². The molecule has 0 aliphatic heterocycles. The monoisotopic (exact) mass is 343 g/mol. The summed E-state index contributed by atoms with van der Waals surface area (Å²) in [6.07, 6.45) is 4.31. The second-order valence-corrected chi connectivity index (χ2v) is 7.38. The number of halogens is 2. The molecule has 2 aliphatic rings. The van der Waals surface area contributed by atoms with Crippen LogP contribution in [0.25, 0.3) is 0 Å². The van der Waals surface area contributed by atoms with Gasteiger partial charge in [0, 0.05) is 21.5 Å². The van der Waals surface area contributed by atoms with Crippen molar-refractivity contribution in [3.05, 3.63) is 33.3 Å². The molecule has 4 heteroatoms. The van der Waals surface area contributed by atoms with E-state index in [4.69, 9.17) is 17.3 Å². The molecule has 0 amide bonds. The minimum absolute atomic E-state index is 0.140. The molecule has 1 aromatic carbocycles. The number of hydrogen-bond donors (Lipinski definition) is 2. The minimum atomic E-state index is -0.501. The number of fused-ring (bicyclic) bond motifs is 2. The Morgan fingerprint density at radius 2 is 2.26 bits per heavy atom. The summed E-state index contributed by atoms with van der Waals surface area (Å²) in [7, 11) is 0. The first kappa shape index (κ1) is 13.9. The number of aliphatic hydroxyl groups excluding tert-OH is 1. The molecule has 0 saturated heterocycles. The van der Waals surface area contributed by atoms with E-state index in [-0.39, 0.29) is 5.41 Å². The van der Waals surface area contributed by atoms with E-state index in [1.54, 1.807) is 0 Å². The van der Waals surface area contributed by atoms with Crippen molar-refractivity contribution in [2.24, 2.45) is 23.0 Å². The fraction of sp³-hybridized carbons (Fsp3) is 0.600. The van der Waals surface area contributed by atoms with Crippen molar-refractivity contribution in [3.63, 3.8) is 0 Å². The van der Waals surface area contributed by atoms with E-state index < -0.39 is 6.10 Å². The summed E-state index contributed by atoms with van der Waals surface area (Å²) in [5, 5.41) is 11.6. The normalized spacial score (nSPS) is 34.7. The third-order valence-electron chi connectivity index (χ3n) is 5.20. The van der Waals surface area contributed by atoms with E-state index in [0.717, 1.165) is 22.4 Å². The lowest BCUT2D eigenvalue weighted by Crippen LogP contribution is -2.41. The Balaban J connectivity index is 1.96. The van der Waals surface area contributed by atoms with Gasteiger partial charge in [0.2, 0.25) is 0 Å². The molecule has 2 saturated carbocycles. The lowest BCUT2D eigenvalue weighted by Gasteiger charge is -2.41. The average Bonchev–Trinajstić information content (AvgIpc) is 2.98. The summed E-state index contributed by atoms with van der Waals surface area (Å²) in [6.45, 7) is 0.560. The smallest absolute Gasteiger partial charge is 0.0871 e. The van der Waals surface area contributed by atoms with Gasteiger partial charge in [-0.1, -0.05) is 40.0 Å². The Labute approximate surface area is 127 Å². The molecule has 0 spiro atoms. The Morgan fingerprint density at radius 1 is 1.47 bits per heavy atom. The van der Waals surface area contributed by atoms with Gasteiger partial charge >= 0.3 is 0 Å². The number of benzene rings is 1. The summed E-state index contributed by atoms with van der Waals surface area (Å²) >= 11 is 9.49. The Morgan fingerprint density at radius 3 is 2.79 bits per heavy atom. The predicted octanol–water partition coefficient (Wildman–Crippen LogP) is 3.90. The van der Waals surface area contributed by atoms with Crippen LogP contribution in [0, 0.1) is 17.3 Å². The first-order valence-corrected chi connectivity index (χ1v) is 8.07. The van der Waals surface area contributed by atoms with Crippen molar-refractivity contribution in [2.45, 2.75) is 31.8 Å². The van der Waals surface area contributed by atoms with Crippen molar-refractivity contribution in [1.82, 2.24) is 0 Å². The molecule has 2 aliphatic carbocycles. The van der Waals surface area contributed by atoms with Gasteiger partial charge in [-0.15, -0.1) is 0 Å². The highest BCUT2D eigenvalue weighted by Crippen LogP contribution is 2.60. The SMILES string of the molecule is NCC1(C(O)c2ccc(Cl)cc2Br)CC2CCC1C2. The fourth-order valence-corrected chi connectivity index (χ4v) is 5.12. The number of nitrogens with two attached hydrogens (primary N) is 1. The van der Waals surface area contributed by atoms with Crippen molar-refractivity contribution in [1.29, 1.82) is 0 Å². The van der Waals surface area contributed by atoms with Gasteiger partial charge in [0.15, 0.2) is 0 Å². The van der Waals surface area contributed by atoms with Crippen LogP contribution >= 0.6 is 27.5 Å². The minimum Gasteiger partial charge on any atom is -0.388 e. The third-order valence-corrected chi connectivity index (χ3v) is 6.13.